The van der Waals surface area contributed by atoms with E-state index in [0.717, 1.165) is 18.9 Å². The van der Waals surface area contributed by atoms with Gasteiger partial charge in [0, 0.05) is 24.3 Å². The molecule has 2 fully saturated rings. The van der Waals surface area contributed by atoms with E-state index in [-0.39, 0.29) is 29.7 Å². The molecule has 0 spiro atoms. The van der Waals surface area contributed by atoms with E-state index in [1.165, 1.54) is 6.07 Å². The van der Waals surface area contributed by atoms with Crippen molar-refractivity contribution in [3.63, 3.8) is 0 Å². The van der Waals surface area contributed by atoms with Crippen molar-refractivity contribution < 1.29 is 21.2 Å². The Morgan fingerprint density at radius 1 is 1.16 bits per heavy atom. The van der Waals surface area contributed by atoms with Crippen LogP contribution in [0.1, 0.15) is 32.1 Å². The molecule has 1 saturated heterocycles. The van der Waals surface area contributed by atoms with Gasteiger partial charge in [-0.15, -0.1) is 10.2 Å². The van der Waals surface area contributed by atoms with Gasteiger partial charge in [-0.3, -0.25) is 0 Å². The minimum Gasteiger partial charge on any atom is -0.368 e. The highest BCUT2D eigenvalue weighted by Gasteiger charge is 2.36. The summed E-state index contributed by atoms with van der Waals surface area (Å²) < 4.78 is 68.7. The number of benzene rings is 1. The molecule has 0 bridgehead atoms. The summed E-state index contributed by atoms with van der Waals surface area (Å²) in [6.45, 7) is 0.214. The van der Waals surface area contributed by atoms with Crippen molar-refractivity contribution >= 4 is 25.7 Å². The van der Waals surface area contributed by atoms with Gasteiger partial charge in [0.1, 0.15) is 16.0 Å². The second-order valence-electron chi connectivity index (χ2n) is 8.08. The quantitative estimate of drug-likeness (QED) is 0.419. The molecule has 4 rings (SSSR count). The SMILES string of the molecule is N[C@@H]1CCN(c2ccc(S(=O)(=O)NC3CCCC3)c(S(N)(=O)=O)c2-c2nn[nH]n2)C[C@@H]1F. The Balaban J connectivity index is 1.91. The number of alkyl halides is 1. The fraction of sp³-hybridized carbons (Fsp3) is 0.588. The number of piperidine rings is 1. The summed E-state index contributed by atoms with van der Waals surface area (Å²) in [5.41, 5.74) is 5.84. The minimum absolute atomic E-state index is 0.109. The number of aromatic amines is 1. The Morgan fingerprint density at radius 3 is 2.47 bits per heavy atom. The summed E-state index contributed by atoms with van der Waals surface area (Å²) in [6.07, 6.45) is 2.04. The number of nitrogens with zero attached hydrogens (tertiary/aromatic N) is 4. The summed E-state index contributed by atoms with van der Waals surface area (Å²) in [5, 5.41) is 18.9. The highest BCUT2D eigenvalue weighted by Crippen LogP contribution is 2.39. The standard InChI is InChI=1S/C17H25FN8O4S2/c18-11-9-26(8-7-12(11)19)13-5-6-14(32(29,30)23-10-3-1-2-4-10)16(31(20,27)28)15(13)17-21-24-25-22-17/h5-6,10-12,23H,1-4,7-9,19H2,(H2,20,27,28)(H,21,22,24,25)/t11-,12+/m0/s1. The van der Waals surface area contributed by atoms with Gasteiger partial charge in [-0.2, -0.15) is 5.21 Å². The molecule has 1 aromatic carbocycles. The summed E-state index contributed by atoms with van der Waals surface area (Å²) in [7, 11) is -8.82. The van der Waals surface area contributed by atoms with Crippen molar-refractivity contribution in [3.8, 4) is 11.4 Å². The van der Waals surface area contributed by atoms with E-state index in [9.17, 15) is 21.2 Å². The van der Waals surface area contributed by atoms with Crippen LogP contribution in [0.4, 0.5) is 10.1 Å². The third-order valence-corrected chi connectivity index (χ3v) is 8.54. The molecule has 2 aromatic rings. The smallest absolute Gasteiger partial charge is 0.242 e. The van der Waals surface area contributed by atoms with Crippen molar-refractivity contribution in [3.05, 3.63) is 12.1 Å². The molecule has 6 N–H and O–H groups in total. The molecule has 1 aromatic heterocycles. The van der Waals surface area contributed by atoms with Crippen LogP contribution in [0, 0.1) is 0 Å². The lowest BCUT2D eigenvalue weighted by Crippen LogP contribution is -2.48. The number of nitrogens with two attached hydrogens (primary N) is 2. The molecular formula is C17H25FN8O4S2. The van der Waals surface area contributed by atoms with E-state index in [1.54, 1.807) is 4.90 Å². The van der Waals surface area contributed by atoms with E-state index in [0.29, 0.717) is 25.8 Å². The zero-order valence-electron chi connectivity index (χ0n) is 17.1. The van der Waals surface area contributed by atoms with Gasteiger partial charge < -0.3 is 10.6 Å². The topological polar surface area (TPSA) is 190 Å². The molecular weight excluding hydrogens is 463 g/mol. The van der Waals surface area contributed by atoms with Gasteiger partial charge in [-0.25, -0.2) is 31.1 Å². The van der Waals surface area contributed by atoms with Gasteiger partial charge in [-0.1, -0.05) is 12.8 Å². The molecule has 12 nitrogen and oxygen atoms in total. The maximum Gasteiger partial charge on any atom is 0.242 e. The molecule has 0 radical (unpaired) electrons. The van der Waals surface area contributed by atoms with Crippen LogP contribution in [0.3, 0.4) is 0 Å². The Labute approximate surface area is 185 Å². The van der Waals surface area contributed by atoms with Crippen LogP contribution in [0.5, 0.6) is 0 Å². The van der Waals surface area contributed by atoms with Crippen molar-refractivity contribution in [1.29, 1.82) is 0 Å². The molecule has 0 unspecified atom stereocenters. The fourth-order valence-electron chi connectivity index (χ4n) is 4.26. The van der Waals surface area contributed by atoms with E-state index >= 15 is 0 Å². The molecule has 2 aliphatic rings. The largest absolute Gasteiger partial charge is 0.368 e. The first-order valence-electron chi connectivity index (χ1n) is 10.2. The zero-order chi connectivity index (χ0) is 23.1. The second-order valence-corrected chi connectivity index (χ2v) is 11.3. The first kappa shape index (κ1) is 23.0. The van der Waals surface area contributed by atoms with Crippen molar-refractivity contribution in [2.45, 2.75) is 60.2 Å². The summed E-state index contributed by atoms with van der Waals surface area (Å²) >= 11 is 0. The van der Waals surface area contributed by atoms with Crippen LogP contribution in [0.2, 0.25) is 0 Å². The molecule has 0 amide bonds. The van der Waals surface area contributed by atoms with Gasteiger partial charge in [0.25, 0.3) is 0 Å². The molecule has 1 aliphatic heterocycles. The molecule has 176 valence electrons. The lowest BCUT2D eigenvalue weighted by Gasteiger charge is -2.35. The van der Waals surface area contributed by atoms with Gasteiger partial charge in [0.15, 0.2) is 0 Å². The number of H-pyrrole nitrogens is 1. The Hall–Kier alpha value is -2.20. The lowest BCUT2D eigenvalue weighted by atomic mass is 10.0. The molecule has 1 aliphatic carbocycles. The Kier molecular flexibility index (Phi) is 6.19. The third-order valence-electron chi connectivity index (χ3n) is 5.85. The van der Waals surface area contributed by atoms with Crippen LogP contribution in [0.25, 0.3) is 11.4 Å². The minimum atomic E-state index is -4.58. The van der Waals surface area contributed by atoms with Gasteiger partial charge in [0.05, 0.1) is 12.1 Å². The number of halogens is 1. The number of rotatable bonds is 6. The van der Waals surface area contributed by atoms with Crippen LogP contribution >= 0.6 is 0 Å². The monoisotopic (exact) mass is 488 g/mol. The molecule has 2 heterocycles. The molecule has 32 heavy (non-hydrogen) atoms. The average molecular weight is 489 g/mol. The van der Waals surface area contributed by atoms with Crippen LogP contribution in [-0.2, 0) is 20.0 Å². The third kappa shape index (κ3) is 4.47. The maximum absolute atomic E-state index is 14.4. The van der Waals surface area contributed by atoms with Crippen LogP contribution in [-0.4, -0.2) is 68.8 Å². The molecule has 1 saturated carbocycles. The van der Waals surface area contributed by atoms with Crippen LogP contribution in [0.15, 0.2) is 21.9 Å². The number of aromatic nitrogens is 4. The highest BCUT2D eigenvalue weighted by atomic mass is 32.2. The van der Waals surface area contributed by atoms with Gasteiger partial charge in [-0.05, 0) is 36.6 Å². The van der Waals surface area contributed by atoms with E-state index < -0.39 is 42.1 Å². The van der Waals surface area contributed by atoms with E-state index in [1.807, 2.05) is 0 Å². The number of sulfonamides is 2. The Morgan fingerprint density at radius 2 is 1.88 bits per heavy atom. The summed E-state index contributed by atoms with van der Waals surface area (Å²) in [6, 6.07) is 1.63. The number of hydrogen-bond acceptors (Lipinski definition) is 9. The number of nitrogens with one attached hydrogen (secondary N) is 2. The second kappa shape index (κ2) is 8.62. The number of primary sulfonamides is 1. The zero-order valence-corrected chi connectivity index (χ0v) is 18.7. The maximum atomic E-state index is 14.4. The predicted octanol–water partition coefficient (Wildman–Crippen LogP) is -0.389. The number of tetrazole rings is 1. The normalized spacial score (nSPS) is 23.0. The molecule has 15 heteroatoms. The first-order valence-corrected chi connectivity index (χ1v) is 13.2. The predicted molar refractivity (Wildman–Crippen MR) is 113 cm³/mol. The number of hydrogen-bond donors (Lipinski definition) is 4. The van der Waals surface area contributed by atoms with Gasteiger partial charge in [0.2, 0.25) is 25.9 Å². The van der Waals surface area contributed by atoms with Crippen molar-refractivity contribution in [1.82, 2.24) is 25.3 Å². The summed E-state index contributed by atoms with van der Waals surface area (Å²) in [4.78, 5) is 0.406. The average Bonchev–Trinajstić information content (AvgIpc) is 3.42. The lowest BCUT2D eigenvalue weighted by molar-refractivity contribution is 0.251. The fourth-order valence-corrected chi connectivity index (χ4v) is 7.16. The van der Waals surface area contributed by atoms with E-state index in [2.05, 4.69) is 25.3 Å². The highest BCUT2D eigenvalue weighted by molar-refractivity contribution is 7.92. The Bertz CT molecular complexity index is 1180. The summed E-state index contributed by atoms with van der Waals surface area (Å²) in [5.74, 6) is -0.174. The number of anilines is 1. The molecule has 2 atom stereocenters. The first-order chi connectivity index (χ1) is 15.1. The van der Waals surface area contributed by atoms with E-state index in [4.69, 9.17) is 10.9 Å². The van der Waals surface area contributed by atoms with Gasteiger partial charge >= 0.3 is 0 Å². The van der Waals surface area contributed by atoms with Crippen molar-refractivity contribution in [2.24, 2.45) is 10.9 Å². The van der Waals surface area contributed by atoms with Crippen LogP contribution < -0.4 is 20.5 Å². The van der Waals surface area contributed by atoms with Crippen molar-refractivity contribution in [2.75, 3.05) is 18.0 Å².